The average molecular weight is 764 g/mol. The van der Waals surface area contributed by atoms with Gasteiger partial charge in [-0.25, -0.2) is 13.4 Å². The van der Waals surface area contributed by atoms with Gasteiger partial charge in [-0.2, -0.15) is 0 Å². The lowest BCUT2D eigenvalue weighted by Crippen LogP contribution is -2.58. The fraction of sp³-hybridized carbons (Fsp3) is 0.439. The zero-order valence-corrected chi connectivity index (χ0v) is 31.6. The van der Waals surface area contributed by atoms with E-state index in [4.69, 9.17) is 4.98 Å². The van der Waals surface area contributed by atoms with E-state index in [0.29, 0.717) is 44.2 Å². The molecule has 55 heavy (non-hydrogen) atoms. The molecule has 8 rings (SSSR count). The Balaban J connectivity index is 1.12. The normalized spacial score (nSPS) is 26.6. The largest absolute Gasteiger partial charge is 0.339 e. The van der Waals surface area contributed by atoms with Crippen molar-refractivity contribution in [2.75, 3.05) is 6.54 Å². The predicted molar refractivity (Wildman–Crippen MR) is 206 cm³/mol. The molecular weight excluding hydrogens is 719 g/mol. The molecule has 3 N–H and O–H groups in total. The summed E-state index contributed by atoms with van der Waals surface area (Å²) in [6.07, 6.45) is 12.0. The van der Waals surface area contributed by atoms with Crippen molar-refractivity contribution in [3.05, 3.63) is 90.2 Å². The first-order valence-corrected chi connectivity index (χ1v) is 20.8. The van der Waals surface area contributed by atoms with Gasteiger partial charge in [-0.3, -0.25) is 33.9 Å². The van der Waals surface area contributed by atoms with Crippen LogP contribution >= 0.6 is 0 Å². The minimum atomic E-state index is -3.87. The highest BCUT2D eigenvalue weighted by Crippen LogP contribution is 2.46. The van der Waals surface area contributed by atoms with E-state index < -0.39 is 62.4 Å². The molecule has 1 unspecified atom stereocenters. The SMILES string of the molecule is Cc1cnc(C(=O)N[C@H]2CCCCC/C=C\C3C[C@@]3(C(=O)NS(=O)(=O)C3CC3)NC(=O)[C@@H]3C[C@@H](Cc4nc5ccccc5c5ccccc45)CN3C2=O)cn1. The minimum absolute atomic E-state index is 0.0798. The number of benzene rings is 2. The Morgan fingerprint density at radius 3 is 2.47 bits per heavy atom. The summed E-state index contributed by atoms with van der Waals surface area (Å²) in [4.78, 5) is 71.4. The summed E-state index contributed by atoms with van der Waals surface area (Å²) in [5, 5.41) is 8.33. The van der Waals surface area contributed by atoms with E-state index in [1.54, 1.807) is 6.92 Å². The molecule has 5 atom stereocenters. The number of sulfonamides is 1. The van der Waals surface area contributed by atoms with Crippen LogP contribution in [0.15, 0.2) is 73.1 Å². The fourth-order valence-corrected chi connectivity index (χ4v) is 9.54. The number of aromatic nitrogens is 3. The molecule has 2 aliphatic heterocycles. The number of carbonyl (C=O) groups is 4. The lowest BCUT2D eigenvalue weighted by molar-refractivity contribution is -0.141. The summed E-state index contributed by atoms with van der Waals surface area (Å²) in [6.45, 7) is 1.98. The fourth-order valence-electron chi connectivity index (χ4n) is 8.18. The summed E-state index contributed by atoms with van der Waals surface area (Å²) < 4.78 is 28.0. The maximum atomic E-state index is 14.7. The first-order valence-electron chi connectivity index (χ1n) is 19.2. The van der Waals surface area contributed by atoms with Gasteiger partial charge in [-0.15, -0.1) is 0 Å². The van der Waals surface area contributed by atoms with Gasteiger partial charge < -0.3 is 15.5 Å². The number of carbonyl (C=O) groups excluding carboxylic acids is 4. The van der Waals surface area contributed by atoms with E-state index in [9.17, 15) is 27.6 Å². The molecule has 286 valence electrons. The first-order chi connectivity index (χ1) is 26.5. The monoisotopic (exact) mass is 763 g/mol. The van der Waals surface area contributed by atoms with Crippen molar-refractivity contribution in [2.24, 2.45) is 11.8 Å². The van der Waals surface area contributed by atoms with Crippen LogP contribution in [0.25, 0.3) is 21.7 Å². The van der Waals surface area contributed by atoms with Crippen LogP contribution in [0, 0.1) is 18.8 Å². The third kappa shape index (κ3) is 7.56. The molecule has 3 fully saturated rings. The summed E-state index contributed by atoms with van der Waals surface area (Å²) in [5.41, 5.74) is 0.968. The van der Waals surface area contributed by atoms with Gasteiger partial charge in [-0.05, 0) is 75.7 Å². The van der Waals surface area contributed by atoms with E-state index >= 15 is 0 Å². The molecule has 2 aromatic heterocycles. The van der Waals surface area contributed by atoms with E-state index in [-0.39, 0.29) is 31.0 Å². The first kappa shape index (κ1) is 36.7. The minimum Gasteiger partial charge on any atom is -0.339 e. The molecule has 2 aliphatic carbocycles. The number of hydrogen-bond donors (Lipinski definition) is 3. The van der Waals surface area contributed by atoms with Crippen LogP contribution in [-0.2, 0) is 30.8 Å². The van der Waals surface area contributed by atoms with Gasteiger partial charge in [0, 0.05) is 35.1 Å². The summed E-state index contributed by atoms with van der Waals surface area (Å²) in [7, 11) is -3.87. The maximum Gasteiger partial charge on any atom is 0.272 e. The molecule has 14 heteroatoms. The average Bonchev–Trinajstić information content (AvgIpc) is 4.11. The van der Waals surface area contributed by atoms with E-state index in [0.717, 1.165) is 40.2 Å². The highest BCUT2D eigenvalue weighted by Gasteiger charge is 2.62. The number of allylic oxidation sites excluding steroid dienone is 1. The number of pyridine rings is 1. The zero-order chi connectivity index (χ0) is 38.3. The smallest absolute Gasteiger partial charge is 0.272 e. The van der Waals surface area contributed by atoms with Gasteiger partial charge in [0.1, 0.15) is 23.3 Å². The number of para-hydroxylation sites is 1. The molecule has 4 heterocycles. The van der Waals surface area contributed by atoms with Crippen LogP contribution < -0.4 is 15.4 Å². The molecule has 4 aromatic rings. The number of hydrogen-bond acceptors (Lipinski definition) is 9. The summed E-state index contributed by atoms with van der Waals surface area (Å²) >= 11 is 0. The zero-order valence-electron chi connectivity index (χ0n) is 30.7. The summed E-state index contributed by atoms with van der Waals surface area (Å²) in [6, 6.07) is 14.1. The molecule has 1 saturated heterocycles. The van der Waals surface area contributed by atoms with Crippen LogP contribution in [0.1, 0.15) is 79.7 Å². The van der Waals surface area contributed by atoms with Crippen molar-refractivity contribution in [2.45, 2.75) is 94.0 Å². The second-order valence-corrected chi connectivity index (χ2v) is 17.5. The van der Waals surface area contributed by atoms with Gasteiger partial charge in [-0.1, -0.05) is 67.5 Å². The molecule has 2 saturated carbocycles. The third-order valence-corrected chi connectivity index (χ3v) is 13.3. The summed E-state index contributed by atoms with van der Waals surface area (Å²) in [5.74, 6) is -2.81. The topological polar surface area (TPSA) is 180 Å². The molecule has 4 amide bonds. The van der Waals surface area contributed by atoms with Gasteiger partial charge in [0.05, 0.1) is 22.7 Å². The number of amides is 4. The van der Waals surface area contributed by atoms with Gasteiger partial charge in [0.15, 0.2) is 0 Å². The molecule has 2 aromatic carbocycles. The number of rotatable bonds is 7. The Hall–Kier alpha value is -5.24. The predicted octanol–water partition coefficient (Wildman–Crippen LogP) is 4.05. The highest BCUT2D eigenvalue weighted by atomic mass is 32.2. The van der Waals surface area contributed by atoms with Crippen LogP contribution in [0.2, 0.25) is 0 Å². The Morgan fingerprint density at radius 1 is 0.945 bits per heavy atom. The van der Waals surface area contributed by atoms with Crippen LogP contribution in [0.4, 0.5) is 0 Å². The van der Waals surface area contributed by atoms with Crippen molar-refractivity contribution in [1.82, 2.24) is 35.2 Å². The molecule has 4 aliphatic rings. The Labute approximate surface area is 319 Å². The number of aryl methyl sites for hydroxylation is 1. The standard InChI is InChI=1S/C41H45N7O6S/c1-25-22-43-35(23-42-25)37(49)45-33-16-6-4-2-3-5-11-27-21-41(27,40(52)47-55(53,54)28-17-18-28)46-38(50)36-20-26(24-48(36)39(33)51)19-34-31-14-8-7-12-29(31)30-13-9-10-15-32(30)44-34/h5,7-15,22-23,26-28,33,36H,2-4,6,16-21,24H2,1H3,(H,45,49)(H,46,50)(H,47,52)/b11-5-/t26-,27?,33+,36+,41-/m1/s1. The second-order valence-electron chi connectivity index (χ2n) is 15.5. The molecule has 13 nitrogen and oxygen atoms in total. The van der Waals surface area contributed by atoms with Gasteiger partial charge in [0.2, 0.25) is 21.8 Å². The van der Waals surface area contributed by atoms with Crippen molar-refractivity contribution in [3.8, 4) is 0 Å². The third-order valence-electron chi connectivity index (χ3n) is 11.5. The van der Waals surface area contributed by atoms with E-state index in [1.807, 2.05) is 54.6 Å². The van der Waals surface area contributed by atoms with Crippen molar-refractivity contribution in [1.29, 1.82) is 0 Å². The van der Waals surface area contributed by atoms with Gasteiger partial charge >= 0.3 is 0 Å². The van der Waals surface area contributed by atoms with Crippen molar-refractivity contribution < 1.29 is 27.6 Å². The second kappa shape index (κ2) is 14.8. The number of nitrogens with one attached hydrogen (secondary N) is 3. The quantitative estimate of drug-likeness (QED) is 0.185. The van der Waals surface area contributed by atoms with Crippen LogP contribution in [-0.4, -0.2) is 81.3 Å². The van der Waals surface area contributed by atoms with Crippen molar-refractivity contribution >= 4 is 55.3 Å². The number of nitrogens with zero attached hydrogens (tertiary/aromatic N) is 4. The van der Waals surface area contributed by atoms with E-state index in [2.05, 4.69) is 31.4 Å². The molecule has 0 bridgehead atoms. The lowest BCUT2D eigenvalue weighted by Gasteiger charge is -2.30. The maximum absolute atomic E-state index is 14.7. The Bertz CT molecular complexity index is 2310. The molecule has 0 radical (unpaired) electrons. The van der Waals surface area contributed by atoms with Crippen LogP contribution in [0.3, 0.4) is 0 Å². The molecular formula is C41H45N7O6S. The van der Waals surface area contributed by atoms with Gasteiger partial charge in [0.25, 0.3) is 11.8 Å². The van der Waals surface area contributed by atoms with E-state index in [1.165, 1.54) is 17.3 Å². The Kier molecular flexibility index (Phi) is 9.87. The molecule has 0 spiro atoms. The lowest BCUT2D eigenvalue weighted by atomic mass is 9.95. The van der Waals surface area contributed by atoms with Crippen molar-refractivity contribution in [3.63, 3.8) is 0 Å². The van der Waals surface area contributed by atoms with Crippen LogP contribution in [0.5, 0.6) is 0 Å². The number of fused-ring (bicyclic) bond motifs is 5. The highest BCUT2D eigenvalue weighted by molar-refractivity contribution is 7.91. The Morgan fingerprint density at radius 2 is 1.71 bits per heavy atom.